The number of aromatic nitrogens is 1. The highest BCUT2D eigenvalue weighted by atomic mass is 35.5. The topological polar surface area (TPSA) is 60.5 Å². The van der Waals surface area contributed by atoms with E-state index < -0.39 is 0 Å². The normalized spacial score (nSPS) is 21.9. The molecule has 0 unspecified atom stereocenters. The van der Waals surface area contributed by atoms with Crippen molar-refractivity contribution in [3.8, 4) is 17.0 Å². The number of nitrogens with one attached hydrogen (secondary N) is 1. The van der Waals surface area contributed by atoms with Crippen molar-refractivity contribution in [2.75, 3.05) is 13.2 Å². The van der Waals surface area contributed by atoms with Crippen LogP contribution in [0.25, 0.3) is 11.1 Å². The van der Waals surface area contributed by atoms with Crippen LogP contribution in [0.4, 0.5) is 4.39 Å². The van der Waals surface area contributed by atoms with Crippen molar-refractivity contribution in [2.24, 2.45) is 5.92 Å². The second kappa shape index (κ2) is 9.09. The molecule has 29 heavy (non-hydrogen) atoms. The van der Waals surface area contributed by atoms with Gasteiger partial charge in [0.2, 0.25) is 11.8 Å². The van der Waals surface area contributed by atoms with Crippen LogP contribution in [-0.4, -0.2) is 35.7 Å². The van der Waals surface area contributed by atoms with Crippen LogP contribution < -0.4 is 10.1 Å². The number of halogens is 2. The summed E-state index contributed by atoms with van der Waals surface area (Å²) in [7, 11) is 0. The molecule has 7 heteroatoms. The van der Waals surface area contributed by atoms with Gasteiger partial charge < -0.3 is 14.8 Å². The van der Waals surface area contributed by atoms with Crippen molar-refractivity contribution in [2.45, 2.75) is 45.3 Å². The van der Waals surface area contributed by atoms with Crippen LogP contribution in [0.5, 0.6) is 5.88 Å². The fourth-order valence-corrected chi connectivity index (χ4v) is 3.96. The molecule has 1 aliphatic rings. The number of ether oxygens (including phenoxy) is 2. The van der Waals surface area contributed by atoms with Crippen LogP contribution >= 0.6 is 11.6 Å². The van der Waals surface area contributed by atoms with Crippen molar-refractivity contribution in [3.63, 3.8) is 0 Å². The number of rotatable bonds is 8. The summed E-state index contributed by atoms with van der Waals surface area (Å²) in [6.45, 7) is 6.48. The molecule has 156 valence electrons. The van der Waals surface area contributed by atoms with E-state index in [2.05, 4.69) is 17.2 Å². The molecule has 1 amide bonds. The molecular formula is C22H26ClFN2O3. The first-order chi connectivity index (χ1) is 13.8. The summed E-state index contributed by atoms with van der Waals surface area (Å²) < 4.78 is 25.0. The standard InChI is InChI=1S/C22H26ClFN2O3/c1-14(26-15(2)27)12-29-22(3)10-16(11-22)13-28-21-20(23)19(8-9-25-21)17-4-6-18(24)7-5-17/h4-9,14,16H,10-13H2,1-3H3,(H,26,27)/t14-,16?,22?/m0/s1. The van der Waals surface area contributed by atoms with E-state index in [1.807, 2.05) is 6.92 Å². The molecule has 1 saturated carbocycles. The van der Waals surface area contributed by atoms with Gasteiger partial charge in [-0.25, -0.2) is 9.37 Å². The summed E-state index contributed by atoms with van der Waals surface area (Å²) >= 11 is 6.47. The first-order valence-electron chi connectivity index (χ1n) is 9.70. The minimum atomic E-state index is -0.294. The average Bonchev–Trinajstić information content (AvgIpc) is 2.64. The van der Waals surface area contributed by atoms with Crippen LogP contribution in [-0.2, 0) is 9.53 Å². The Hall–Kier alpha value is -2.18. The Kier molecular flexibility index (Phi) is 6.75. The van der Waals surface area contributed by atoms with Crippen molar-refractivity contribution < 1.29 is 18.7 Å². The average molecular weight is 421 g/mol. The molecule has 1 fully saturated rings. The maximum Gasteiger partial charge on any atom is 0.233 e. The maximum atomic E-state index is 13.2. The quantitative estimate of drug-likeness (QED) is 0.676. The predicted molar refractivity (Wildman–Crippen MR) is 110 cm³/mol. The summed E-state index contributed by atoms with van der Waals surface area (Å²) in [5, 5.41) is 3.24. The van der Waals surface area contributed by atoms with Crippen molar-refractivity contribution in [1.82, 2.24) is 10.3 Å². The highest BCUT2D eigenvalue weighted by Crippen LogP contribution is 2.41. The number of carbonyl (C=O) groups is 1. The molecule has 1 aliphatic carbocycles. The number of nitrogens with zero attached hydrogens (tertiary/aromatic N) is 1. The monoisotopic (exact) mass is 420 g/mol. The summed E-state index contributed by atoms with van der Waals surface area (Å²) in [5.74, 6) is 0.376. The Morgan fingerprint density at radius 2 is 2.03 bits per heavy atom. The summed E-state index contributed by atoms with van der Waals surface area (Å²) in [5.41, 5.74) is 1.36. The lowest BCUT2D eigenvalue weighted by molar-refractivity contribution is -0.132. The van der Waals surface area contributed by atoms with Gasteiger partial charge >= 0.3 is 0 Å². The second-order valence-electron chi connectivity index (χ2n) is 7.93. The third kappa shape index (κ3) is 5.67. The third-order valence-electron chi connectivity index (χ3n) is 5.04. The van der Waals surface area contributed by atoms with Gasteiger partial charge in [-0.05, 0) is 56.4 Å². The van der Waals surface area contributed by atoms with E-state index >= 15 is 0 Å². The lowest BCUT2D eigenvalue weighted by Gasteiger charge is -2.45. The van der Waals surface area contributed by atoms with E-state index in [9.17, 15) is 9.18 Å². The SMILES string of the molecule is CC(=O)N[C@@H](C)COC1(C)CC(COc2nccc(-c3ccc(F)cc3)c2Cl)C1. The van der Waals surface area contributed by atoms with Crippen LogP contribution in [0.15, 0.2) is 36.5 Å². The zero-order valence-electron chi connectivity index (χ0n) is 16.9. The molecule has 1 aromatic heterocycles. The fraction of sp³-hybridized carbons (Fsp3) is 0.455. The first kappa shape index (κ1) is 21.5. The minimum Gasteiger partial charge on any atom is -0.476 e. The lowest BCUT2D eigenvalue weighted by atomic mass is 9.72. The molecule has 1 aromatic carbocycles. The summed E-state index contributed by atoms with van der Waals surface area (Å²) in [6, 6.07) is 7.92. The number of amides is 1. The summed E-state index contributed by atoms with van der Waals surface area (Å²) in [4.78, 5) is 15.3. The molecule has 1 heterocycles. The van der Waals surface area contributed by atoms with Gasteiger partial charge in [-0.2, -0.15) is 0 Å². The third-order valence-corrected chi connectivity index (χ3v) is 5.41. The molecule has 0 aliphatic heterocycles. The Bertz CT molecular complexity index is 854. The van der Waals surface area contributed by atoms with Gasteiger partial charge in [-0.1, -0.05) is 23.7 Å². The molecule has 0 radical (unpaired) electrons. The second-order valence-corrected chi connectivity index (χ2v) is 8.31. The smallest absolute Gasteiger partial charge is 0.233 e. The van der Waals surface area contributed by atoms with Crippen LogP contribution in [0.1, 0.15) is 33.6 Å². The maximum absolute atomic E-state index is 13.2. The van der Waals surface area contributed by atoms with Gasteiger partial charge in [0, 0.05) is 24.7 Å². The van der Waals surface area contributed by atoms with E-state index in [0.717, 1.165) is 24.0 Å². The number of pyridine rings is 1. The van der Waals surface area contributed by atoms with Gasteiger partial charge in [0.05, 0.1) is 18.8 Å². The van der Waals surface area contributed by atoms with Gasteiger partial charge in [0.1, 0.15) is 10.8 Å². The Morgan fingerprint density at radius 3 is 2.69 bits per heavy atom. The van der Waals surface area contributed by atoms with Gasteiger partial charge in [0.15, 0.2) is 0 Å². The zero-order valence-corrected chi connectivity index (χ0v) is 17.6. The molecule has 3 rings (SSSR count). The largest absolute Gasteiger partial charge is 0.476 e. The molecule has 5 nitrogen and oxygen atoms in total. The fourth-order valence-electron chi connectivity index (χ4n) is 3.69. The summed E-state index contributed by atoms with van der Waals surface area (Å²) in [6.07, 6.45) is 3.38. The van der Waals surface area contributed by atoms with Gasteiger partial charge in [0.25, 0.3) is 0 Å². The number of hydrogen-bond donors (Lipinski definition) is 1. The molecule has 1 atom stereocenters. The highest BCUT2D eigenvalue weighted by Gasteiger charge is 2.42. The van der Waals surface area contributed by atoms with Crippen molar-refractivity contribution in [1.29, 1.82) is 0 Å². The van der Waals surface area contributed by atoms with E-state index in [-0.39, 0.29) is 23.4 Å². The number of benzene rings is 1. The van der Waals surface area contributed by atoms with Crippen molar-refractivity contribution in [3.05, 3.63) is 47.4 Å². The Balaban J connectivity index is 1.51. The molecule has 1 N–H and O–H groups in total. The molecule has 0 spiro atoms. The molecule has 0 bridgehead atoms. The Labute approximate surface area is 175 Å². The van der Waals surface area contributed by atoms with E-state index in [1.54, 1.807) is 24.4 Å². The van der Waals surface area contributed by atoms with Crippen LogP contribution in [0.2, 0.25) is 5.02 Å². The van der Waals surface area contributed by atoms with E-state index in [1.165, 1.54) is 19.1 Å². The highest BCUT2D eigenvalue weighted by molar-refractivity contribution is 6.34. The first-order valence-corrected chi connectivity index (χ1v) is 10.1. The van der Waals surface area contributed by atoms with E-state index in [0.29, 0.717) is 30.0 Å². The van der Waals surface area contributed by atoms with Crippen LogP contribution in [0.3, 0.4) is 0 Å². The van der Waals surface area contributed by atoms with Gasteiger partial charge in [-0.15, -0.1) is 0 Å². The van der Waals surface area contributed by atoms with E-state index in [4.69, 9.17) is 21.1 Å². The molecular weight excluding hydrogens is 395 g/mol. The number of hydrogen-bond acceptors (Lipinski definition) is 4. The predicted octanol–water partition coefficient (Wildman–Crippen LogP) is 4.63. The zero-order chi connectivity index (χ0) is 21.0. The number of carbonyl (C=O) groups excluding carboxylic acids is 1. The minimum absolute atomic E-state index is 0.0168. The lowest BCUT2D eigenvalue weighted by Crippen LogP contribution is -2.48. The van der Waals surface area contributed by atoms with Crippen molar-refractivity contribution >= 4 is 17.5 Å². The van der Waals surface area contributed by atoms with Crippen LogP contribution in [0, 0.1) is 11.7 Å². The molecule has 0 saturated heterocycles. The van der Waals surface area contributed by atoms with Gasteiger partial charge in [-0.3, -0.25) is 4.79 Å². The molecule has 2 aromatic rings. The Morgan fingerprint density at radius 1 is 1.34 bits per heavy atom.